The van der Waals surface area contributed by atoms with Crippen LogP contribution in [0.25, 0.3) is 6.08 Å². The van der Waals surface area contributed by atoms with Crippen LogP contribution in [0.4, 0.5) is 5.69 Å². The Kier molecular flexibility index (Phi) is 8.49. The minimum atomic E-state index is -0.530. The van der Waals surface area contributed by atoms with E-state index in [9.17, 15) is 9.59 Å². The van der Waals surface area contributed by atoms with Gasteiger partial charge in [0.1, 0.15) is 0 Å². The number of likely N-dealkylation sites (tertiary alicyclic amines) is 1. The summed E-state index contributed by atoms with van der Waals surface area (Å²) in [6.45, 7) is 8.70. The highest BCUT2D eigenvalue weighted by atomic mass is 16.5. The minimum absolute atomic E-state index is 0.0901. The van der Waals surface area contributed by atoms with E-state index in [-0.39, 0.29) is 11.8 Å². The third-order valence-electron chi connectivity index (χ3n) is 6.41. The lowest BCUT2D eigenvalue weighted by Gasteiger charge is -2.37. The number of hydroxylamine groups is 1. The van der Waals surface area contributed by atoms with E-state index in [0.717, 1.165) is 69.7 Å². The zero-order chi connectivity index (χ0) is 22.2. The summed E-state index contributed by atoms with van der Waals surface area (Å²) < 4.78 is 0. The van der Waals surface area contributed by atoms with Gasteiger partial charge in [-0.15, -0.1) is 0 Å². The second kappa shape index (κ2) is 11.3. The van der Waals surface area contributed by atoms with Crippen LogP contribution in [0.5, 0.6) is 0 Å². The molecule has 7 heteroatoms. The standard InChI is InChI=1S/C24H36N4O3/c1-18(2)24(30)28-13-9-19(10-14-28)17-25-21-11-15-27(16-12-21)22-6-4-3-5-20(22)7-8-23(29)26-31/h3-8,18-19,21,25,31H,9-17H2,1-2H3,(H,26,29). The predicted molar refractivity (Wildman–Crippen MR) is 123 cm³/mol. The van der Waals surface area contributed by atoms with Gasteiger partial charge in [0.05, 0.1) is 0 Å². The molecule has 2 heterocycles. The molecule has 0 atom stereocenters. The minimum Gasteiger partial charge on any atom is -0.371 e. The van der Waals surface area contributed by atoms with Gasteiger partial charge >= 0.3 is 0 Å². The molecular weight excluding hydrogens is 392 g/mol. The average Bonchev–Trinajstić information content (AvgIpc) is 2.81. The van der Waals surface area contributed by atoms with Crippen molar-refractivity contribution < 1.29 is 14.8 Å². The third-order valence-corrected chi connectivity index (χ3v) is 6.41. The summed E-state index contributed by atoms with van der Waals surface area (Å²) in [5.74, 6) is 0.494. The first kappa shape index (κ1) is 23.3. The first-order valence-electron chi connectivity index (χ1n) is 11.5. The fraction of sp³-hybridized carbons (Fsp3) is 0.583. The van der Waals surface area contributed by atoms with Gasteiger partial charge in [-0.25, -0.2) is 5.48 Å². The first-order chi connectivity index (χ1) is 15.0. The Morgan fingerprint density at radius 3 is 2.42 bits per heavy atom. The van der Waals surface area contributed by atoms with Gasteiger partial charge in [-0.2, -0.15) is 0 Å². The summed E-state index contributed by atoms with van der Waals surface area (Å²) in [6.07, 6.45) is 7.42. The topological polar surface area (TPSA) is 84.9 Å². The largest absolute Gasteiger partial charge is 0.371 e. The fourth-order valence-electron chi connectivity index (χ4n) is 4.50. The summed E-state index contributed by atoms with van der Waals surface area (Å²) in [5, 5.41) is 12.4. The van der Waals surface area contributed by atoms with Crippen molar-refractivity contribution in [3.63, 3.8) is 0 Å². The van der Waals surface area contributed by atoms with Crippen LogP contribution < -0.4 is 15.7 Å². The van der Waals surface area contributed by atoms with Crippen LogP contribution in [0.3, 0.4) is 0 Å². The smallest absolute Gasteiger partial charge is 0.267 e. The van der Waals surface area contributed by atoms with Gasteiger partial charge in [-0.05, 0) is 55.9 Å². The van der Waals surface area contributed by atoms with E-state index >= 15 is 0 Å². The van der Waals surface area contributed by atoms with Crippen LogP contribution in [0.2, 0.25) is 0 Å². The Morgan fingerprint density at radius 1 is 1.10 bits per heavy atom. The SMILES string of the molecule is CC(C)C(=O)N1CCC(CNC2CCN(c3ccccc3C=CC(=O)NO)CC2)CC1. The molecule has 0 unspecified atom stereocenters. The normalized spacial score (nSPS) is 18.7. The van der Waals surface area contributed by atoms with Crippen LogP contribution in [0, 0.1) is 11.8 Å². The molecule has 0 bridgehead atoms. The summed E-state index contributed by atoms with van der Waals surface area (Å²) in [6, 6.07) is 8.55. The molecule has 0 aromatic heterocycles. The van der Waals surface area contributed by atoms with Crippen LogP contribution in [0.15, 0.2) is 30.3 Å². The Balaban J connectivity index is 1.43. The number of anilines is 1. The van der Waals surface area contributed by atoms with E-state index in [0.29, 0.717) is 12.0 Å². The number of carbonyl (C=O) groups is 2. The van der Waals surface area contributed by atoms with Crippen LogP contribution in [-0.4, -0.2) is 60.7 Å². The van der Waals surface area contributed by atoms with Crippen molar-refractivity contribution >= 4 is 23.6 Å². The number of nitrogens with zero attached hydrogens (tertiary/aromatic N) is 2. The average molecular weight is 429 g/mol. The van der Waals surface area contributed by atoms with Crippen molar-refractivity contribution in [3.05, 3.63) is 35.9 Å². The summed E-state index contributed by atoms with van der Waals surface area (Å²) in [7, 11) is 0. The monoisotopic (exact) mass is 428 g/mol. The molecule has 7 nitrogen and oxygen atoms in total. The highest BCUT2D eigenvalue weighted by Crippen LogP contribution is 2.26. The summed E-state index contributed by atoms with van der Waals surface area (Å²) in [4.78, 5) is 27.8. The summed E-state index contributed by atoms with van der Waals surface area (Å²) >= 11 is 0. The van der Waals surface area contributed by atoms with Crippen molar-refractivity contribution in [1.82, 2.24) is 15.7 Å². The molecule has 170 valence electrons. The lowest BCUT2D eigenvalue weighted by atomic mass is 9.94. The molecule has 2 fully saturated rings. The molecule has 2 aliphatic rings. The van der Waals surface area contributed by atoms with E-state index in [1.807, 2.05) is 36.9 Å². The molecule has 31 heavy (non-hydrogen) atoms. The van der Waals surface area contributed by atoms with E-state index in [1.165, 1.54) is 6.08 Å². The molecule has 0 spiro atoms. The first-order valence-corrected chi connectivity index (χ1v) is 11.5. The Hall–Kier alpha value is -2.38. The number of amides is 2. The van der Waals surface area contributed by atoms with Gasteiger partial charge in [0.2, 0.25) is 5.91 Å². The molecular formula is C24H36N4O3. The van der Waals surface area contributed by atoms with E-state index in [4.69, 9.17) is 5.21 Å². The van der Waals surface area contributed by atoms with Crippen molar-refractivity contribution in [3.8, 4) is 0 Å². The molecule has 3 N–H and O–H groups in total. The van der Waals surface area contributed by atoms with Gasteiger partial charge in [-0.1, -0.05) is 32.0 Å². The Bertz CT molecular complexity index is 764. The van der Waals surface area contributed by atoms with Crippen molar-refractivity contribution in [2.75, 3.05) is 37.6 Å². The van der Waals surface area contributed by atoms with E-state index in [1.54, 1.807) is 11.6 Å². The molecule has 1 aromatic carbocycles. The number of para-hydroxylation sites is 1. The van der Waals surface area contributed by atoms with Gasteiger partial charge in [0.25, 0.3) is 5.91 Å². The number of rotatable bonds is 7. The highest BCUT2D eigenvalue weighted by molar-refractivity contribution is 5.91. The number of nitrogens with one attached hydrogen (secondary N) is 2. The molecule has 0 radical (unpaired) electrons. The Labute approximate surface area is 185 Å². The molecule has 1 aromatic rings. The summed E-state index contributed by atoms with van der Waals surface area (Å²) in [5.41, 5.74) is 3.72. The lowest BCUT2D eigenvalue weighted by molar-refractivity contribution is -0.135. The molecule has 2 saturated heterocycles. The van der Waals surface area contributed by atoms with Crippen molar-refractivity contribution in [1.29, 1.82) is 0 Å². The third kappa shape index (κ3) is 6.55. The zero-order valence-corrected chi connectivity index (χ0v) is 18.7. The van der Waals surface area contributed by atoms with Crippen LogP contribution in [-0.2, 0) is 9.59 Å². The lowest BCUT2D eigenvalue weighted by Crippen LogP contribution is -2.46. The fourth-order valence-corrected chi connectivity index (χ4v) is 4.50. The van der Waals surface area contributed by atoms with Crippen molar-refractivity contribution in [2.45, 2.75) is 45.6 Å². The molecule has 0 aliphatic carbocycles. The maximum absolute atomic E-state index is 12.1. The molecule has 2 amide bonds. The Morgan fingerprint density at radius 2 is 1.77 bits per heavy atom. The quantitative estimate of drug-likeness (QED) is 0.353. The van der Waals surface area contributed by atoms with Gasteiger partial charge in [0, 0.05) is 49.9 Å². The number of benzene rings is 1. The second-order valence-corrected chi connectivity index (χ2v) is 8.96. The molecule has 3 rings (SSSR count). The number of hydrogen-bond donors (Lipinski definition) is 3. The molecule has 2 aliphatic heterocycles. The van der Waals surface area contributed by atoms with Crippen LogP contribution in [0.1, 0.15) is 45.1 Å². The van der Waals surface area contributed by atoms with Crippen LogP contribution >= 0.6 is 0 Å². The number of piperidine rings is 2. The maximum Gasteiger partial charge on any atom is 0.267 e. The van der Waals surface area contributed by atoms with Crippen molar-refractivity contribution in [2.24, 2.45) is 11.8 Å². The van der Waals surface area contributed by atoms with E-state index < -0.39 is 5.91 Å². The zero-order valence-electron chi connectivity index (χ0n) is 18.7. The van der Waals surface area contributed by atoms with Gasteiger partial charge < -0.3 is 15.1 Å². The molecule has 0 saturated carbocycles. The maximum atomic E-state index is 12.1. The van der Waals surface area contributed by atoms with Gasteiger partial charge in [-0.3, -0.25) is 14.8 Å². The van der Waals surface area contributed by atoms with E-state index in [2.05, 4.69) is 16.3 Å². The predicted octanol–water partition coefficient (Wildman–Crippen LogP) is 2.66. The van der Waals surface area contributed by atoms with Gasteiger partial charge in [0.15, 0.2) is 0 Å². The number of carbonyl (C=O) groups excluding carboxylic acids is 2. The number of hydrogen-bond acceptors (Lipinski definition) is 5. The second-order valence-electron chi connectivity index (χ2n) is 8.96. The highest BCUT2D eigenvalue weighted by Gasteiger charge is 2.26.